The highest BCUT2D eigenvalue weighted by molar-refractivity contribution is 7.89. The SMILES string of the molecule is CCOc1ccc(S(=O)(=O)NCCC(=O)NC(C(=O)O)C(C)C)cc1. The lowest BCUT2D eigenvalue weighted by atomic mass is 10.0. The van der Waals surface area contributed by atoms with E-state index >= 15 is 0 Å². The van der Waals surface area contributed by atoms with Crippen molar-refractivity contribution in [3.63, 3.8) is 0 Å². The first-order valence-electron chi connectivity index (χ1n) is 7.92. The molecule has 0 saturated carbocycles. The van der Waals surface area contributed by atoms with Gasteiger partial charge >= 0.3 is 5.97 Å². The summed E-state index contributed by atoms with van der Waals surface area (Å²) in [6.07, 6.45) is -0.160. The number of rotatable bonds is 10. The number of sulfonamides is 1. The molecule has 0 saturated heterocycles. The maximum Gasteiger partial charge on any atom is 0.326 e. The molecule has 1 aromatic carbocycles. The van der Waals surface area contributed by atoms with Gasteiger partial charge in [0.2, 0.25) is 15.9 Å². The van der Waals surface area contributed by atoms with Gasteiger partial charge in [-0.1, -0.05) is 13.8 Å². The van der Waals surface area contributed by atoms with E-state index in [1.165, 1.54) is 12.1 Å². The maximum atomic E-state index is 12.1. The van der Waals surface area contributed by atoms with Gasteiger partial charge in [0.05, 0.1) is 11.5 Å². The number of benzene rings is 1. The third-order valence-electron chi connectivity index (χ3n) is 3.34. The first-order valence-corrected chi connectivity index (χ1v) is 9.40. The number of carbonyl (C=O) groups excluding carboxylic acids is 1. The third kappa shape index (κ3) is 6.71. The molecule has 0 radical (unpaired) electrons. The van der Waals surface area contributed by atoms with Crippen LogP contribution in [0.2, 0.25) is 0 Å². The van der Waals surface area contributed by atoms with Gasteiger partial charge in [-0.05, 0) is 37.1 Å². The topological polar surface area (TPSA) is 122 Å². The number of carbonyl (C=O) groups is 2. The first kappa shape index (κ1) is 20.9. The number of hydrogen-bond donors (Lipinski definition) is 3. The molecule has 0 bridgehead atoms. The summed E-state index contributed by atoms with van der Waals surface area (Å²) in [7, 11) is -3.75. The Hall–Kier alpha value is -2.13. The molecular formula is C16H24N2O6S. The molecule has 1 aromatic rings. The molecule has 0 aliphatic rings. The van der Waals surface area contributed by atoms with Crippen molar-refractivity contribution in [1.82, 2.24) is 10.0 Å². The van der Waals surface area contributed by atoms with E-state index < -0.39 is 27.9 Å². The lowest BCUT2D eigenvalue weighted by Gasteiger charge is -2.17. The predicted octanol–water partition coefficient (Wildman–Crippen LogP) is 0.979. The van der Waals surface area contributed by atoms with Gasteiger partial charge in [0.25, 0.3) is 0 Å². The number of hydrogen-bond acceptors (Lipinski definition) is 5. The maximum absolute atomic E-state index is 12.1. The molecule has 0 aliphatic carbocycles. The van der Waals surface area contributed by atoms with Crippen LogP contribution in [0.5, 0.6) is 5.75 Å². The van der Waals surface area contributed by atoms with Crippen molar-refractivity contribution in [3.8, 4) is 5.75 Å². The zero-order valence-corrected chi connectivity index (χ0v) is 15.3. The van der Waals surface area contributed by atoms with Gasteiger partial charge in [0, 0.05) is 13.0 Å². The Morgan fingerprint density at radius 2 is 1.80 bits per heavy atom. The summed E-state index contributed by atoms with van der Waals surface area (Å²) >= 11 is 0. The normalized spacial score (nSPS) is 12.6. The Labute approximate surface area is 147 Å². The van der Waals surface area contributed by atoms with Gasteiger partial charge in [-0.15, -0.1) is 0 Å². The van der Waals surface area contributed by atoms with E-state index in [-0.39, 0.29) is 23.8 Å². The summed E-state index contributed by atoms with van der Waals surface area (Å²) < 4.78 is 31.8. The molecule has 1 unspecified atom stereocenters. The van der Waals surface area contributed by atoms with E-state index in [0.29, 0.717) is 12.4 Å². The molecule has 1 amide bonds. The van der Waals surface area contributed by atoms with Crippen molar-refractivity contribution in [2.24, 2.45) is 5.92 Å². The van der Waals surface area contributed by atoms with Gasteiger partial charge in [-0.3, -0.25) is 4.79 Å². The zero-order valence-electron chi connectivity index (χ0n) is 14.5. The van der Waals surface area contributed by atoms with Gasteiger partial charge in [-0.25, -0.2) is 17.9 Å². The van der Waals surface area contributed by atoms with E-state index in [0.717, 1.165) is 0 Å². The van der Waals surface area contributed by atoms with Gasteiger partial charge in [-0.2, -0.15) is 0 Å². The van der Waals surface area contributed by atoms with Gasteiger partial charge in [0.15, 0.2) is 0 Å². The summed E-state index contributed by atoms with van der Waals surface area (Å²) in [4.78, 5) is 22.9. The van der Waals surface area contributed by atoms with Crippen LogP contribution in [0.15, 0.2) is 29.2 Å². The molecule has 1 atom stereocenters. The highest BCUT2D eigenvalue weighted by atomic mass is 32.2. The monoisotopic (exact) mass is 372 g/mol. The molecule has 25 heavy (non-hydrogen) atoms. The number of ether oxygens (including phenoxy) is 1. The average Bonchev–Trinajstić information content (AvgIpc) is 2.52. The molecular weight excluding hydrogens is 348 g/mol. The van der Waals surface area contributed by atoms with Crippen LogP contribution < -0.4 is 14.8 Å². The summed E-state index contributed by atoms with van der Waals surface area (Å²) in [5, 5.41) is 11.4. The predicted molar refractivity (Wildman–Crippen MR) is 91.8 cm³/mol. The second kappa shape index (κ2) is 9.38. The molecule has 9 heteroatoms. The lowest BCUT2D eigenvalue weighted by molar-refractivity contribution is -0.143. The van der Waals surface area contributed by atoms with E-state index in [9.17, 15) is 18.0 Å². The Bertz CT molecular complexity index is 685. The second-order valence-electron chi connectivity index (χ2n) is 5.68. The fourth-order valence-electron chi connectivity index (χ4n) is 2.02. The standard InChI is InChI=1S/C16H24N2O6S/c1-4-24-12-5-7-13(8-6-12)25(22,23)17-10-9-14(19)18-15(11(2)3)16(20)21/h5-8,11,15,17H,4,9-10H2,1-3H3,(H,18,19)(H,20,21). The summed E-state index contributed by atoms with van der Waals surface area (Å²) in [6.45, 7) is 5.52. The summed E-state index contributed by atoms with van der Waals surface area (Å²) in [5.41, 5.74) is 0. The number of nitrogens with one attached hydrogen (secondary N) is 2. The number of aliphatic carboxylic acids is 1. The molecule has 0 heterocycles. The van der Waals surface area contributed by atoms with Crippen LogP contribution in [0.4, 0.5) is 0 Å². The van der Waals surface area contributed by atoms with Crippen molar-refractivity contribution >= 4 is 21.9 Å². The highest BCUT2D eigenvalue weighted by Crippen LogP contribution is 2.15. The largest absolute Gasteiger partial charge is 0.494 e. The van der Waals surface area contributed by atoms with E-state index in [1.807, 2.05) is 6.92 Å². The van der Waals surface area contributed by atoms with E-state index in [4.69, 9.17) is 9.84 Å². The quantitative estimate of drug-likeness (QED) is 0.563. The fraction of sp³-hybridized carbons (Fsp3) is 0.500. The second-order valence-corrected chi connectivity index (χ2v) is 7.45. The molecule has 0 spiro atoms. The Morgan fingerprint density at radius 1 is 1.20 bits per heavy atom. The third-order valence-corrected chi connectivity index (χ3v) is 4.82. The van der Waals surface area contributed by atoms with Crippen molar-refractivity contribution in [1.29, 1.82) is 0 Å². The first-order chi connectivity index (χ1) is 11.7. The van der Waals surface area contributed by atoms with Crippen molar-refractivity contribution in [3.05, 3.63) is 24.3 Å². The van der Waals surface area contributed by atoms with Crippen LogP contribution in [-0.4, -0.2) is 44.6 Å². The molecule has 140 valence electrons. The average molecular weight is 372 g/mol. The minimum atomic E-state index is -3.75. The number of amides is 1. The minimum Gasteiger partial charge on any atom is -0.494 e. The Morgan fingerprint density at radius 3 is 2.28 bits per heavy atom. The van der Waals surface area contributed by atoms with Gasteiger partial charge < -0.3 is 15.2 Å². The van der Waals surface area contributed by atoms with Crippen LogP contribution in [0.3, 0.4) is 0 Å². The zero-order chi connectivity index (χ0) is 19.0. The van der Waals surface area contributed by atoms with Crippen LogP contribution in [-0.2, 0) is 19.6 Å². The summed E-state index contributed by atoms with van der Waals surface area (Å²) in [6, 6.07) is 4.91. The van der Waals surface area contributed by atoms with E-state index in [1.54, 1.807) is 26.0 Å². The van der Waals surface area contributed by atoms with Crippen LogP contribution in [0, 0.1) is 5.92 Å². The van der Waals surface area contributed by atoms with Crippen LogP contribution >= 0.6 is 0 Å². The molecule has 0 aromatic heterocycles. The molecule has 0 fully saturated rings. The van der Waals surface area contributed by atoms with Crippen molar-refractivity contribution < 1.29 is 27.9 Å². The Kier molecular flexibility index (Phi) is 7.85. The van der Waals surface area contributed by atoms with Gasteiger partial charge in [0.1, 0.15) is 11.8 Å². The minimum absolute atomic E-state index is 0.0574. The van der Waals surface area contributed by atoms with Crippen LogP contribution in [0.25, 0.3) is 0 Å². The fourth-order valence-corrected chi connectivity index (χ4v) is 3.05. The Balaban J connectivity index is 2.56. The van der Waals surface area contributed by atoms with Crippen molar-refractivity contribution in [2.75, 3.05) is 13.2 Å². The summed E-state index contributed by atoms with van der Waals surface area (Å²) in [5.74, 6) is -1.37. The number of carboxylic acids is 1. The van der Waals surface area contributed by atoms with E-state index in [2.05, 4.69) is 10.0 Å². The molecule has 1 rings (SSSR count). The smallest absolute Gasteiger partial charge is 0.326 e. The van der Waals surface area contributed by atoms with Crippen LogP contribution in [0.1, 0.15) is 27.2 Å². The highest BCUT2D eigenvalue weighted by Gasteiger charge is 2.23. The molecule has 3 N–H and O–H groups in total. The molecule has 8 nitrogen and oxygen atoms in total. The van der Waals surface area contributed by atoms with Crippen molar-refractivity contribution in [2.45, 2.75) is 38.1 Å². The lowest BCUT2D eigenvalue weighted by Crippen LogP contribution is -2.45. The molecule has 0 aliphatic heterocycles. The number of carboxylic acid groups (broad SMARTS) is 1.